The van der Waals surface area contributed by atoms with E-state index in [1.165, 1.54) is 44.3 Å². The Morgan fingerprint density at radius 2 is 2.00 bits per heavy atom. The van der Waals surface area contributed by atoms with E-state index in [4.69, 9.17) is 5.73 Å². The predicted molar refractivity (Wildman–Crippen MR) is 62.2 cm³/mol. The molecule has 0 aliphatic heterocycles. The molecule has 0 aromatic heterocycles. The molecular weight excluding hydrogens is 178 g/mol. The lowest BCUT2D eigenvalue weighted by Gasteiger charge is -2.21. The Balaban J connectivity index is 1.98. The van der Waals surface area contributed by atoms with Crippen LogP contribution >= 0.6 is 11.8 Å². The zero-order valence-corrected chi connectivity index (χ0v) is 9.61. The van der Waals surface area contributed by atoms with Crippen molar-refractivity contribution in [2.45, 2.75) is 63.2 Å². The van der Waals surface area contributed by atoms with Crippen LogP contribution in [0.4, 0.5) is 0 Å². The van der Waals surface area contributed by atoms with E-state index in [1.807, 2.05) is 0 Å². The molecule has 2 heteroatoms. The van der Waals surface area contributed by atoms with E-state index in [0.717, 1.165) is 11.7 Å². The monoisotopic (exact) mass is 201 g/mol. The third-order valence-corrected chi connectivity index (χ3v) is 4.33. The summed E-state index contributed by atoms with van der Waals surface area (Å²) in [6.45, 7) is 2.18. The van der Waals surface area contributed by atoms with E-state index in [2.05, 4.69) is 18.7 Å². The van der Waals surface area contributed by atoms with Gasteiger partial charge in [-0.15, -0.1) is 0 Å². The highest BCUT2D eigenvalue weighted by atomic mass is 32.2. The average molecular weight is 201 g/mol. The van der Waals surface area contributed by atoms with Gasteiger partial charge in [-0.3, -0.25) is 0 Å². The molecule has 1 aliphatic rings. The second kappa shape index (κ2) is 6.72. The first-order valence-corrected chi connectivity index (χ1v) is 6.75. The topological polar surface area (TPSA) is 26.0 Å². The third kappa shape index (κ3) is 4.92. The van der Waals surface area contributed by atoms with Crippen molar-refractivity contribution >= 4 is 11.8 Å². The highest BCUT2D eigenvalue weighted by Crippen LogP contribution is 2.28. The Morgan fingerprint density at radius 1 is 1.31 bits per heavy atom. The van der Waals surface area contributed by atoms with Crippen molar-refractivity contribution in [1.29, 1.82) is 0 Å². The summed E-state index contributed by atoms with van der Waals surface area (Å²) < 4.78 is 0. The molecule has 1 fully saturated rings. The lowest BCUT2D eigenvalue weighted by molar-refractivity contribution is 0.515. The van der Waals surface area contributed by atoms with Gasteiger partial charge in [-0.05, 0) is 31.4 Å². The summed E-state index contributed by atoms with van der Waals surface area (Å²) in [7, 11) is 0. The van der Waals surface area contributed by atoms with Crippen molar-refractivity contribution < 1.29 is 0 Å². The summed E-state index contributed by atoms with van der Waals surface area (Å²) in [5.74, 6) is 1.28. The number of hydrogen-bond acceptors (Lipinski definition) is 2. The normalized spacial score (nSPS) is 21.7. The lowest BCUT2D eigenvalue weighted by Crippen LogP contribution is -2.20. The molecular formula is C11H23NS. The van der Waals surface area contributed by atoms with Gasteiger partial charge in [0.25, 0.3) is 0 Å². The summed E-state index contributed by atoms with van der Waals surface area (Å²) in [5.41, 5.74) is 5.88. The quantitative estimate of drug-likeness (QED) is 0.739. The lowest BCUT2D eigenvalue weighted by atomic mass is 10.0. The second-order valence-electron chi connectivity index (χ2n) is 4.09. The molecule has 0 saturated heterocycles. The van der Waals surface area contributed by atoms with Crippen LogP contribution < -0.4 is 5.73 Å². The van der Waals surface area contributed by atoms with Crippen LogP contribution in [0.5, 0.6) is 0 Å². The van der Waals surface area contributed by atoms with Crippen molar-refractivity contribution in [3.63, 3.8) is 0 Å². The molecule has 0 aromatic rings. The SMILES string of the molecule is CCC(N)CCSC1CCCCC1. The van der Waals surface area contributed by atoms with E-state index >= 15 is 0 Å². The van der Waals surface area contributed by atoms with Gasteiger partial charge in [-0.1, -0.05) is 26.2 Å². The second-order valence-corrected chi connectivity index (χ2v) is 5.50. The van der Waals surface area contributed by atoms with Crippen LogP contribution in [0.1, 0.15) is 51.9 Å². The summed E-state index contributed by atoms with van der Waals surface area (Å²) in [5, 5.41) is 0.956. The van der Waals surface area contributed by atoms with Crippen LogP contribution in [0.2, 0.25) is 0 Å². The molecule has 0 spiro atoms. The number of hydrogen-bond donors (Lipinski definition) is 1. The molecule has 1 rings (SSSR count). The molecule has 78 valence electrons. The molecule has 0 bridgehead atoms. The molecule has 0 aromatic carbocycles. The summed E-state index contributed by atoms with van der Waals surface area (Å²) in [6, 6.07) is 0.441. The van der Waals surface area contributed by atoms with Crippen LogP contribution in [-0.4, -0.2) is 17.0 Å². The largest absolute Gasteiger partial charge is 0.328 e. The Kier molecular flexibility index (Phi) is 5.88. The molecule has 1 unspecified atom stereocenters. The van der Waals surface area contributed by atoms with Crippen molar-refractivity contribution in [3.05, 3.63) is 0 Å². The maximum Gasteiger partial charge on any atom is 0.00470 e. The summed E-state index contributed by atoms with van der Waals surface area (Å²) in [4.78, 5) is 0. The Labute approximate surface area is 86.8 Å². The maximum atomic E-state index is 5.88. The molecule has 13 heavy (non-hydrogen) atoms. The minimum absolute atomic E-state index is 0.441. The first kappa shape index (κ1) is 11.4. The summed E-state index contributed by atoms with van der Waals surface area (Å²) in [6.07, 6.45) is 9.61. The van der Waals surface area contributed by atoms with Gasteiger partial charge in [0.1, 0.15) is 0 Å². The highest BCUT2D eigenvalue weighted by molar-refractivity contribution is 7.99. The van der Waals surface area contributed by atoms with E-state index in [9.17, 15) is 0 Å². The van der Waals surface area contributed by atoms with Crippen molar-refractivity contribution in [2.75, 3.05) is 5.75 Å². The zero-order valence-electron chi connectivity index (χ0n) is 8.80. The Hall–Kier alpha value is 0.310. The van der Waals surface area contributed by atoms with E-state index < -0.39 is 0 Å². The first-order chi connectivity index (χ1) is 6.33. The van der Waals surface area contributed by atoms with Gasteiger partial charge in [-0.2, -0.15) is 11.8 Å². The van der Waals surface area contributed by atoms with Gasteiger partial charge in [0.15, 0.2) is 0 Å². The molecule has 0 amide bonds. The van der Waals surface area contributed by atoms with Crippen LogP contribution in [0.15, 0.2) is 0 Å². The van der Waals surface area contributed by atoms with Gasteiger partial charge in [-0.25, -0.2) is 0 Å². The molecule has 2 N–H and O–H groups in total. The average Bonchev–Trinajstić information content (AvgIpc) is 2.19. The number of nitrogens with two attached hydrogens (primary N) is 1. The number of thioether (sulfide) groups is 1. The standard InChI is InChI=1S/C11H23NS/c1-2-10(12)8-9-13-11-6-4-3-5-7-11/h10-11H,2-9,12H2,1H3. The Morgan fingerprint density at radius 3 is 2.62 bits per heavy atom. The van der Waals surface area contributed by atoms with Gasteiger partial charge < -0.3 is 5.73 Å². The van der Waals surface area contributed by atoms with E-state index in [0.29, 0.717) is 6.04 Å². The first-order valence-electron chi connectivity index (χ1n) is 5.70. The fraction of sp³-hybridized carbons (Fsp3) is 1.00. The molecule has 1 nitrogen and oxygen atoms in total. The molecule has 1 aliphatic carbocycles. The van der Waals surface area contributed by atoms with Crippen LogP contribution in [0.25, 0.3) is 0 Å². The molecule has 1 saturated carbocycles. The third-order valence-electron chi connectivity index (χ3n) is 2.92. The van der Waals surface area contributed by atoms with Crippen molar-refractivity contribution in [2.24, 2.45) is 5.73 Å². The minimum Gasteiger partial charge on any atom is -0.328 e. The molecule has 0 heterocycles. The molecule has 1 atom stereocenters. The van der Waals surface area contributed by atoms with Crippen LogP contribution in [-0.2, 0) is 0 Å². The fourth-order valence-corrected chi connectivity index (χ4v) is 3.26. The fourth-order valence-electron chi connectivity index (χ4n) is 1.82. The van der Waals surface area contributed by atoms with E-state index in [-0.39, 0.29) is 0 Å². The zero-order chi connectivity index (χ0) is 9.52. The van der Waals surface area contributed by atoms with Crippen molar-refractivity contribution in [3.8, 4) is 0 Å². The van der Waals surface area contributed by atoms with Crippen LogP contribution in [0.3, 0.4) is 0 Å². The maximum absolute atomic E-state index is 5.88. The summed E-state index contributed by atoms with van der Waals surface area (Å²) >= 11 is 2.16. The predicted octanol–water partition coefficient (Wildman–Crippen LogP) is 3.18. The van der Waals surface area contributed by atoms with Gasteiger partial charge in [0.05, 0.1) is 0 Å². The van der Waals surface area contributed by atoms with Crippen LogP contribution in [0, 0.1) is 0 Å². The highest BCUT2D eigenvalue weighted by Gasteiger charge is 2.13. The van der Waals surface area contributed by atoms with Gasteiger partial charge in [0, 0.05) is 11.3 Å². The number of rotatable bonds is 5. The Bertz CT molecular complexity index is 121. The smallest absolute Gasteiger partial charge is 0.00470 e. The minimum atomic E-state index is 0.441. The van der Waals surface area contributed by atoms with E-state index in [1.54, 1.807) is 0 Å². The van der Waals surface area contributed by atoms with Gasteiger partial charge in [0.2, 0.25) is 0 Å². The van der Waals surface area contributed by atoms with Crippen molar-refractivity contribution in [1.82, 2.24) is 0 Å². The molecule has 0 radical (unpaired) electrons. The van der Waals surface area contributed by atoms with Gasteiger partial charge >= 0.3 is 0 Å².